The van der Waals surface area contributed by atoms with Gasteiger partial charge in [-0.3, -0.25) is 4.79 Å². The fourth-order valence-electron chi connectivity index (χ4n) is 2.02. The molecule has 1 N–H and O–H groups in total. The molecular weight excluding hydrogens is 262 g/mol. The van der Waals surface area contributed by atoms with Crippen molar-refractivity contribution in [1.29, 1.82) is 0 Å². The van der Waals surface area contributed by atoms with Gasteiger partial charge in [0.05, 0.1) is 6.04 Å². The molecule has 0 aliphatic heterocycles. The van der Waals surface area contributed by atoms with Crippen LogP contribution in [0.25, 0.3) is 0 Å². The highest BCUT2D eigenvalue weighted by Gasteiger charge is 2.26. The van der Waals surface area contributed by atoms with Gasteiger partial charge in [0.1, 0.15) is 0 Å². The van der Waals surface area contributed by atoms with Crippen LogP contribution in [0.15, 0.2) is 34.3 Å². The van der Waals surface area contributed by atoms with E-state index in [-0.39, 0.29) is 11.9 Å². The number of hydrogen-bond acceptors (Lipinski definition) is 3. The zero-order valence-electron chi connectivity index (χ0n) is 9.96. The normalized spacial score (nSPS) is 16.4. The average molecular weight is 277 g/mol. The Morgan fingerprint density at radius 2 is 2.28 bits per heavy atom. The first-order chi connectivity index (χ1) is 8.83. The first-order valence-corrected chi connectivity index (χ1v) is 8.00. The zero-order valence-corrected chi connectivity index (χ0v) is 11.6. The summed E-state index contributed by atoms with van der Waals surface area (Å²) in [6, 6.07) is 6.24. The Morgan fingerprint density at radius 3 is 2.89 bits per heavy atom. The molecule has 94 valence electrons. The highest BCUT2D eigenvalue weighted by molar-refractivity contribution is 7.10. The zero-order chi connectivity index (χ0) is 12.4. The van der Waals surface area contributed by atoms with Crippen LogP contribution in [0, 0.1) is 5.92 Å². The van der Waals surface area contributed by atoms with Gasteiger partial charge >= 0.3 is 0 Å². The van der Waals surface area contributed by atoms with E-state index in [0.717, 1.165) is 0 Å². The summed E-state index contributed by atoms with van der Waals surface area (Å²) in [5.74, 6) is 0.818. The molecule has 1 saturated carbocycles. The lowest BCUT2D eigenvalue weighted by Gasteiger charge is -2.16. The van der Waals surface area contributed by atoms with Crippen molar-refractivity contribution in [3.63, 3.8) is 0 Å². The second kappa shape index (κ2) is 5.24. The lowest BCUT2D eigenvalue weighted by atomic mass is 10.1. The fraction of sp³-hybridized carbons (Fsp3) is 0.357. The molecule has 18 heavy (non-hydrogen) atoms. The molecule has 2 aromatic rings. The van der Waals surface area contributed by atoms with E-state index in [1.54, 1.807) is 22.7 Å². The molecule has 0 unspecified atom stereocenters. The van der Waals surface area contributed by atoms with Gasteiger partial charge in [-0.1, -0.05) is 6.07 Å². The van der Waals surface area contributed by atoms with Crippen LogP contribution in [0.4, 0.5) is 0 Å². The average Bonchev–Trinajstić information content (AvgIpc) is 2.91. The number of amides is 1. The van der Waals surface area contributed by atoms with Gasteiger partial charge in [-0.2, -0.15) is 11.3 Å². The molecule has 1 amide bonds. The van der Waals surface area contributed by atoms with E-state index in [1.807, 2.05) is 6.07 Å². The minimum atomic E-state index is 0.0301. The third-order valence-electron chi connectivity index (χ3n) is 3.18. The third-order valence-corrected chi connectivity index (χ3v) is 4.82. The van der Waals surface area contributed by atoms with Crippen molar-refractivity contribution in [3.05, 3.63) is 44.8 Å². The molecule has 1 fully saturated rings. The molecule has 2 nitrogen and oxygen atoms in total. The van der Waals surface area contributed by atoms with Gasteiger partial charge in [-0.05, 0) is 52.6 Å². The summed E-state index contributed by atoms with van der Waals surface area (Å²) in [5.41, 5.74) is 1.19. The Bertz CT molecular complexity index is 466. The summed E-state index contributed by atoms with van der Waals surface area (Å²) < 4.78 is 0. The van der Waals surface area contributed by atoms with Crippen LogP contribution in [-0.4, -0.2) is 5.91 Å². The highest BCUT2D eigenvalue weighted by Crippen LogP contribution is 2.33. The maximum Gasteiger partial charge on any atom is 0.221 e. The Balaban J connectivity index is 1.75. The lowest BCUT2D eigenvalue weighted by molar-refractivity contribution is -0.121. The van der Waals surface area contributed by atoms with Crippen molar-refractivity contribution in [2.24, 2.45) is 5.92 Å². The summed E-state index contributed by atoms with van der Waals surface area (Å²) in [5, 5.41) is 9.40. The van der Waals surface area contributed by atoms with Crippen molar-refractivity contribution in [2.75, 3.05) is 0 Å². The van der Waals surface area contributed by atoms with Crippen molar-refractivity contribution in [1.82, 2.24) is 5.32 Å². The first kappa shape index (κ1) is 11.9. The smallest absolute Gasteiger partial charge is 0.221 e. The van der Waals surface area contributed by atoms with Crippen LogP contribution in [0.5, 0.6) is 0 Å². The van der Waals surface area contributed by atoms with Crippen molar-refractivity contribution >= 4 is 28.6 Å². The summed E-state index contributed by atoms with van der Waals surface area (Å²) in [6.45, 7) is 0. The van der Waals surface area contributed by atoms with Gasteiger partial charge in [-0.25, -0.2) is 0 Å². The van der Waals surface area contributed by atoms with Gasteiger partial charge in [0.25, 0.3) is 0 Å². The van der Waals surface area contributed by atoms with Crippen LogP contribution in [-0.2, 0) is 4.79 Å². The Kier molecular flexibility index (Phi) is 3.48. The molecule has 1 atom stereocenters. The Hall–Kier alpha value is -1.13. The number of carbonyl (C=O) groups excluding carboxylic acids is 1. The van der Waals surface area contributed by atoms with Gasteiger partial charge in [0, 0.05) is 11.3 Å². The van der Waals surface area contributed by atoms with Crippen molar-refractivity contribution in [3.8, 4) is 0 Å². The number of carbonyl (C=O) groups is 1. The summed E-state index contributed by atoms with van der Waals surface area (Å²) >= 11 is 3.37. The minimum Gasteiger partial charge on any atom is -0.344 e. The molecule has 2 aromatic heterocycles. The largest absolute Gasteiger partial charge is 0.344 e. The van der Waals surface area contributed by atoms with Crippen LogP contribution >= 0.6 is 22.7 Å². The highest BCUT2D eigenvalue weighted by atomic mass is 32.1. The molecule has 0 aromatic carbocycles. The van der Waals surface area contributed by atoms with E-state index in [9.17, 15) is 4.79 Å². The molecule has 0 bridgehead atoms. The van der Waals surface area contributed by atoms with Crippen LogP contribution < -0.4 is 5.32 Å². The molecule has 1 aliphatic carbocycles. The van der Waals surface area contributed by atoms with Crippen LogP contribution in [0.2, 0.25) is 0 Å². The number of rotatable bonds is 5. The quantitative estimate of drug-likeness (QED) is 0.884. The van der Waals surface area contributed by atoms with Crippen molar-refractivity contribution in [2.45, 2.75) is 25.3 Å². The van der Waals surface area contributed by atoms with Gasteiger partial charge in [0.2, 0.25) is 5.91 Å². The Morgan fingerprint density at radius 1 is 1.39 bits per heavy atom. The molecule has 3 rings (SSSR count). The van der Waals surface area contributed by atoms with E-state index in [4.69, 9.17) is 0 Å². The summed E-state index contributed by atoms with van der Waals surface area (Å²) in [4.78, 5) is 13.2. The SMILES string of the molecule is O=C(CC1CC1)N[C@@H](c1ccsc1)c1cccs1. The monoisotopic (exact) mass is 277 g/mol. The molecule has 4 heteroatoms. The van der Waals surface area contributed by atoms with Gasteiger partial charge in [-0.15, -0.1) is 11.3 Å². The van der Waals surface area contributed by atoms with E-state index in [0.29, 0.717) is 12.3 Å². The maximum absolute atomic E-state index is 12.0. The second-order valence-electron chi connectivity index (χ2n) is 4.72. The van der Waals surface area contributed by atoms with E-state index < -0.39 is 0 Å². The standard InChI is InChI=1S/C14H15NOS2/c16-13(8-10-3-4-10)15-14(11-5-7-17-9-11)12-2-1-6-18-12/h1-2,5-7,9-10,14H,3-4,8H2,(H,15,16)/t14-/m0/s1. The van der Waals surface area contributed by atoms with Gasteiger partial charge in [0.15, 0.2) is 0 Å². The maximum atomic E-state index is 12.0. The van der Waals surface area contributed by atoms with Crippen LogP contribution in [0.1, 0.15) is 35.7 Å². The Labute approximate surface area is 115 Å². The van der Waals surface area contributed by atoms with E-state index in [2.05, 4.69) is 33.6 Å². The molecule has 1 aliphatic rings. The molecule has 0 spiro atoms. The minimum absolute atomic E-state index is 0.0301. The molecular formula is C14H15NOS2. The topological polar surface area (TPSA) is 29.1 Å². The first-order valence-electron chi connectivity index (χ1n) is 6.18. The van der Waals surface area contributed by atoms with E-state index >= 15 is 0 Å². The number of nitrogens with one attached hydrogen (secondary N) is 1. The second-order valence-corrected chi connectivity index (χ2v) is 6.48. The van der Waals surface area contributed by atoms with Crippen molar-refractivity contribution < 1.29 is 4.79 Å². The predicted octanol–water partition coefficient (Wildman–Crippen LogP) is 3.82. The predicted molar refractivity (Wildman–Crippen MR) is 76.0 cm³/mol. The third kappa shape index (κ3) is 2.82. The van der Waals surface area contributed by atoms with E-state index in [1.165, 1.54) is 23.3 Å². The summed E-state index contributed by atoms with van der Waals surface area (Å²) in [6.07, 6.45) is 3.12. The van der Waals surface area contributed by atoms with Crippen LogP contribution in [0.3, 0.4) is 0 Å². The number of hydrogen-bond donors (Lipinski definition) is 1. The molecule has 0 saturated heterocycles. The molecule has 2 heterocycles. The summed E-state index contributed by atoms with van der Waals surface area (Å²) in [7, 11) is 0. The number of thiophene rings is 2. The molecule has 0 radical (unpaired) electrons. The lowest BCUT2D eigenvalue weighted by Crippen LogP contribution is -2.28. The van der Waals surface area contributed by atoms with Gasteiger partial charge < -0.3 is 5.32 Å². The fourth-order valence-corrected chi connectivity index (χ4v) is 3.51.